The lowest BCUT2D eigenvalue weighted by molar-refractivity contribution is 0.893. The highest BCUT2D eigenvalue weighted by Gasteiger charge is 2.35. The van der Waals surface area contributed by atoms with Crippen LogP contribution in [0.5, 0.6) is 0 Å². The largest absolute Gasteiger partial charge is 0.278 e. The molecular weight excluding hydrogens is 787 g/mol. The average molecular weight is 826 g/mol. The average Bonchev–Trinajstić information content (AvgIpc) is 3.89. The number of para-hydroxylation sites is 4. The Morgan fingerprint density at radius 3 is 1.11 bits per heavy atom. The molecule has 63 heavy (non-hydrogen) atoms. The van der Waals surface area contributed by atoms with Crippen molar-refractivity contribution in [3.63, 3.8) is 0 Å². The minimum absolute atomic E-state index is 0.556. The molecule has 0 saturated heterocycles. The van der Waals surface area contributed by atoms with Crippen LogP contribution >= 0.6 is 10.0 Å². The Balaban J connectivity index is 1.12. The van der Waals surface area contributed by atoms with Crippen LogP contribution in [0.3, 0.4) is 0 Å². The van der Waals surface area contributed by atoms with E-state index in [-0.39, 0.29) is 0 Å². The van der Waals surface area contributed by atoms with E-state index >= 15 is 0 Å². The fourth-order valence-corrected chi connectivity index (χ4v) is 13.5. The molecule has 9 aromatic carbocycles. The van der Waals surface area contributed by atoms with Gasteiger partial charge < -0.3 is 0 Å². The minimum atomic E-state index is -1.97. The van der Waals surface area contributed by atoms with Crippen molar-refractivity contribution in [2.45, 2.75) is 19.6 Å². The van der Waals surface area contributed by atoms with Crippen molar-refractivity contribution in [3.8, 4) is 34.4 Å². The Hall–Kier alpha value is -8.06. The lowest BCUT2D eigenvalue weighted by Gasteiger charge is -2.43. The van der Waals surface area contributed by atoms with Crippen molar-refractivity contribution in [2.75, 3.05) is 0 Å². The zero-order chi connectivity index (χ0) is 41.7. The molecule has 6 heteroatoms. The maximum absolute atomic E-state index is 5.40. The van der Waals surface area contributed by atoms with E-state index < -0.39 is 10.0 Å². The molecule has 298 valence electrons. The number of aromatic nitrogens is 5. The van der Waals surface area contributed by atoms with Crippen LogP contribution in [0.15, 0.2) is 256 Å². The smallest absolute Gasteiger partial charge is 0.240 e. The topological polar surface area (TPSA) is 48.5 Å². The lowest BCUT2D eigenvalue weighted by atomic mass is 10.0. The Labute approximate surface area is 366 Å². The minimum Gasteiger partial charge on any atom is -0.278 e. The quantitative estimate of drug-likeness (QED) is 0.153. The number of hydrogen-bond acceptors (Lipinski definition) is 3. The van der Waals surface area contributed by atoms with E-state index in [1.807, 2.05) is 0 Å². The SMILES string of the molecule is c1ccc(S(c2ccccc2)(c2ccccc2)c2ccccc2-c2cccc(-c3nc(-n4c5ccccc5c5ccccc54)nc(-n4c5ccccc5c5ccccc54)n3)c2)cc1. The first-order valence-electron chi connectivity index (χ1n) is 21.2. The third-order valence-electron chi connectivity index (χ3n) is 12.1. The van der Waals surface area contributed by atoms with E-state index in [0.29, 0.717) is 17.7 Å². The fourth-order valence-electron chi connectivity index (χ4n) is 9.42. The van der Waals surface area contributed by atoms with E-state index in [9.17, 15) is 0 Å². The molecule has 0 saturated carbocycles. The van der Waals surface area contributed by atoms with Gasteiger partial charge in [-0.05, 0) is 83.9 Å². The summed E-state index contributed by atoms with van der Waals surface area (Å²) in [5.41, 5.74) is 7.28. The van der Waals surface area contributed by atoms with E-state index in [2.05, 4.69) is 246 Å². The lowest BCUT2D eigenvalue weighted by Crippen LogP contribution is -2.10. The van der Waals surface area contributed by atoms with Crippen molar-refractivity contribution in [3.05, 3.63) is 237 Å². The summed E-state index contributed by atoms with van der Waals surface area (Å²) in [6.45, 7) is 0. The summed E-state index contributed by atoms with van der Waals surface area (Å²) in [6.07, 6.45) is 0. The molecule has 0 unspecified atom stereocenters. The first kappa shape index (κ1) is 36.8. The van der Waals surface area contributed by atoms with Crippen molar-refractivity contribution < 1.29 is 0 Å². The van der Waals surface area contributed by atoms with Crippen LogP contribution in [0, 0.1) is 0 Å². The number of rotatable bonds is 8. The van der Waals surface area contributed by atoms with Gasteiger partial charge in [-0.25, -0.2) is 0 Å². The van der Waals surface area contributed by atoms with E-state index in [1.54, 1.807) is 0 Å². The zero-order valence-electron chi connectivity index (χ0n) is 34.2. The van der Waals surface area contributed by atoms with Gasteiger partial charge >= 0.3 is 0 Å². The summed E-state index contributed by atoms with van der Waals surface area (Å²) in [5, 5.41) is 4.59. The van der Waals surface area contributed by atoms with Gasteiger partial charge in [0.1, 0.15) is 0 Å². The molecule has 0 atom stereocenters. The molecule has 0 aliphatic rings. The van der Waals surface area contributed by atoms with Crippen molar-refractivity contribution in [1.82, 2.24) is 24.1 Å². The predicted molar refractivity (Wildman–Crippen MR) is 259 cm³/mol. The van der Waals surface area contributed by atoms with Gasteiger partial charge in [0.2, 0.25) is 11.9 Å². The molecule has 0 spiro atoms. The Kier molecular flexibility index (Phi) is 8.83. The van der Waals surface area contributed by atoms with Gasteiger partial charge in [-0.3, -0.25) is 9.13 Å². The third kappa shape index (κ3) is 5.91. The highest BCUT2D eigenvalue weighted by Crippen LogP contribution is 2.74. The number of hydrogen-bond donors (Lipinski definition) is 0. The summed E-state index contributed by atoms with van der Waals surface area (Å²) in [6, 6.07) is 84.7. The summed E-state index contributed by atoms with van der Waals surface area (Å²) >= 11 is 0. The van der Waals surface area contributed by atoms with Gasteiger partial charge in [-0.2, -0.15) is 15.0 Å². The molecule has 12 aromatic rings. The summed E-state index contributed by atoms with van der Waals surface area (Å²) < 4.78 is 4.37. The highest BCUT2D eigenvalue weighted by molar-refractivity contribution is 8.34. The second-order valence-electron chi connectivity index (χ2n) is 15.6. The maximum atomic E-state index is 5.40. The van der Waals surface area contributed by atoms with Gasteiger partial charge in [0.05, 0.1) is 22.1 Å². The highest BCUT2D eigenvalue weighted by atomic mass is 32.3. The van der Waals surface area contributed by atoms with Crippen LogP contribution in [0.1, 0.15) is 0 Å². The van der Waals surface area contributed by atoms with Gasteiger partial charge in [-0.15, -0.1) is 10.0 Å². The Morgan fingerprint density at radius 1 is 0.302 bits per heavy atom. The molecule has 0 amide bonds. The second-order valence-corrected chi connectivity index (χ2v) is 18.7. The van der Waals surface area contributed by atoms with Crippen LogP contribution in [-0.2, 0) is 0 Å². The number of fused-ring (bicyclic) bond motifs is 6. The normalized spacial score (nSPS) is 12.1. The fraction of sp³-hybridized carbons (Fsp3) is 0. The van der Waals surface area contributed by atoms with Gasteiger partial charge in [0.25, 0.3) is 0 Å². The molecule has 0 aliphatic heterocycles. The van der Waals surface area contributed by atoms with E-state index in [1.165, 1.54) is 19.6 Å². The van der Waals surface area contributed by atoms with Gasteiger partial charge in [0, 0.05) is 46.7 Å². The van der Waals surface area contributed by atoms with Crippen molar-refractivity contribution >= 4 is 53.6 Å². The van der Waals surface area contributed by atoms with Crippen LogP contribution in [0.2, 0.25) is 0 Å². The molecule has 3 aromatic heterocycles. The molecule has 0 aliphatic carbocycles. The zero-order valence-corrected chi connectivity index (χ0v) is 35.0. The first-order chi connectivity index (χ1) is 31.3. The van der Waals surface area contributed by atoms with Crippen LogP contribution in [-0.4, -0.2) is 24.1 Å². The first-order valence-corrected chi connectivity index (χ1v) is 22.8. The predicted octanol–water partition coefficient (Wildman–Crippen LogP) is 14.7. The number of nitrogens with zero attached hydrogens (tertiary/aromatic N) is 5. The van der Waals surface area contributed by atoms with Gasteiger partial charge in [0.15, 0.2) is 5.82 Å². The standard InChI is InChI=1S/C57H39N5S/c1-4-23-42(24-5-1)63(43-25-6-2-7-26-43,44-27-8-3-9-28-44)54-38-19-14-29-45(54)40-21-20-22-41(39-40)55-58-56(61-50-34-15-10-30-46(50)47-31-11-16-35-51(47)61)60-57(59-55)62-52-36-17-12-32-48(52)49-33-13-18-37-53(49)62/h1-39H. The third-order valence-corrected chi connectivity index (χ3v) is 16.1. The molecule has 5 nitrogen and oxygen atoms in total. The molecule has 12 rings (SSSR count). The Bertz CT molecular complexity index is 3300. The molecule has 3 heterocycles. The molecule has 0 fully saturated rings. The van der Waals surface area contributed by atoms with Gasteiger partial charge in [-0.1, -0.05) is 164 Å². The van der Waals surface area contributed by atoms with E-state index in [0.717, 1.165) is 60.3 Å². The Morgan fingerprint density at radius 2 is 0.667 bits per heavy atom. The summed E-state index contributed by atoms with van der Waals surface area (Å²) in [5.74, 6) is 1.70. The molecule has 0 N–H and O–H groups in total. The molecule has 0 radical (unpaired) electrons. The maximum Gasteiger partial charge on any atom is 0.240 e. The van der Waals surface area contributed by atoms with Crippen molar-refractivity contribution in [2.24, 2.45) is 0 Å². The molecular formula is C57H39N5S. The number of benzene rings is 9. The van der Waals surface area contributed by atoms with Crippen LogP contribution in [0.4, 0.5) is 0 Å². The van der Waals surface area contributed by atoms with Crippen LogP contribution in [0.25, 0.3) is 78.0 Å². The van der Waals surface area contributed by atoms with E-state index in [4.69, 9.17) is 15.0 Å². The molecule has 0 bridgehead atoms. The van der Waals surface area contributed by atoms with Crippen molar-refractivity contribution in [1.29, 1.82) is 0 Å². The second kappa shape index (κ2) is 15.1. The summed E-state index contributed by atoms with van der Waals surface area (Å²) in [7, 11) is -1.97. The summed E-state index contributed by atoms with van der Waals surface area (Å²) in [4.78, 5) is 21.3. The monoisotopic (exact) mass is 825 g/mol. The van der Waals surface area contributed by atoms with Crippen LogP contribution < -0.4 is 0 Å².